The second-order valence-electron chi connectivity index (χ2n) is 5.60. The quantitative estimate of drug-likeness (QED) is 0.591. The summed E-state index contributed by atoms with van der Waals surface area (Å²) in [6, 6.07) is 3.68. The van der Waals surface area contributed by atoms with Crippen molar-refractivity contribution in [3.05, 3.63) is 28.2 Å². The SMILES string of the molecule is CC(C)OCCC[NH2+][C@@H](CC(=O)Nc1cc(Cl)ccc1Cl)C(=O)[O-]. The van der Waals surface area contributed by atoms with E-state index in [-0.39, 0.29) is 12.5 Å². The van der Waals surface area contributed by atoms with E-state index in [0.29, 0.717) is 35.3 Å². The lowest BCUT2D eigenvalue weighted by molar-refractivity contribution is -0.682. The number of rotatable bonds is 10. The summed E-state index contributed by atoms with van der Waals surface area (Å²) in [6.07, 6.45) is 0.593. The van der Waals surface area contributed by atoms with Gasteiger partial charge in [0, 0.05) is 11.4 Å². The standard InChI is InChI=1S/C16H22Cl2N2O4/c1-10(2)24-7-3-6-19-14(16(22)23)9-15(21)20-13-8-11(17)4-5-12(13)18/h4-5,8,10,14,19H,3,6-7,9H2,1-2H3,(H,20,21)(H,22,23)/t14-/m0/s1. The Kier molecular flexibility index (Phi) is 9.07. The molecule has 6 nitrogen and oxygen atoms in total. The number of carbonyl (C=O) groups is 2. The van der Waals surface area contributed by atoms with Crippen LogP contribution < -0.4 is 15.7 Å². The minimum atomic E-state index is -1.29. The van der Waals surface area contributed by atoms with Crippen LogP contribution in [0.4, 0.5) is 5.69 Å². The first-order chi connectivity index (χ1) is 11.3. The highest BCUT2D eigenvalue weighted by Gasteiger charge is 2.18. The average molecular weight is 377 g/mol. The molecule has 1 atom stereocenters. The monoisotopic (exact) mass is 376 g/mol. The fourth-order valence-electron chi connectivity index (χ4n) is 1.98. The highest BCUT2D eigenvalue weighted by atomic mass is 35.5. The van der Waals surface area contributed by atoms with E-state index in [1.807, 2.05) is 13.8 Å². The summed E-state index contributed by atoms with van der Waals surface area (Å²) in [4.78, 5) is 23.2. The van der Waals surface area contributed by atoms with Gasteiger partial charge in [0.15, 0.2) is 0 Å². The zero-order chi connectivity index (χ0) is 18.1. The molecule has 8 heteroatoms. The van der Waals surface area contributed by atoms with E-state index < -0.39 is 17.9 Å². The van der Waals surface area contributed by atoms with Crippen LogP contribution in [-0.2, 0) is 14.3 Å². The van der Waals surface area contributed by atoms with Crippen LogP contribution in [0.3, 0.4) is 0 Å². The molecule has 1 amide bonds. The number of nitrogens with one attached hydrogen (secondary N) is 1. The van der Waals surface area contributed by atoms with Crippen molar-refractivity contribution in [2.24, 2.45) is 0 Å². The maximum absolute atomic E-state index is 12.0. The lowest BCUT2D eigenvalue weighted by Gasteiger charge is -2.17. The molecule has 0 aromatic heterocycles. The Morgan fingerprint density at radius 1 is 1.33 bits per heavy atom. The topological polar surface area (TPSA) is 95.1 Å². The Hall–Kier alpha value is -1.34. The highest BCUT2D eigenvalue weighted by molar-refractivity contribution is 6.35. The van der Waals surface area contributed by atoms with Crippen LogP contribution in [0.5, 0.6) is 0 Å². The predicted octanol–water partition coefficient (Wildman–Crippen LogP) is 0.819. The van der Waals surface area contributed by atoms with Gasteiger partial charge in [0.05, 0.1) is 42.4 Å². The van der Waals surface area contributed by atoms with E-state index in [2.05, 4.69) is 5.32 Å². The molecule has 1 aromatic carbocycles. The molecule has 0 aliphatic rings. The second-order valence-corrected chi connectivity index (χ2v) is 6.44. The number of hydrogen-bond donors (Lipinski definition) is 2. The molecular formula is C16H22Cl2N2O4. The maximum atomic E-state index is 12.0. The van der Waals surface area contributed by atoms with Crippen molar-refractivity contribution in [1.29, 1.82) is 0 Å². The second kappa shape index (κ2) is 10.5. The first-order valence-electron chi connectivity index (χ1n) is 7.70. The van der Waals surface area contributed by atoms with Gasteiger partial charge >= 0.3 is 0 Å². The van der Waals surface area contributed by atoms with Crippen LogP contribution >= 0.6 is 23.2 Å². The molecular weight excluding hydrogens is 355 g/mol. The molecule has 0 saturated heterocycles. The minimum absolute atomic E-state index is 0.134. The van der Waals surface area contributed by atoms with Crippen LogP contribution in [-0.4, -0.2) is 37.2 Å². The van der Waals surface area contributed by atoms with E-state index in [9.17, 15) is 14.7 Å². The number of halogens is 2. The molecule has 0 unspecified atom stereocenters. The molecule has 0 aliphatic heterocycles. The van der Waals surface area contributed by atoms with E-state index in [1.165, 1.54) is 6.07 Å². The number of ether oxygens (including phenoxy) is 1. The largest absolute Gasteiger partial charge is 0.544 e. The Morgan fingerprint density at radius 2 is 2.04 bits per heavy atom. The van der Waals surface area contributed by atoms with Crippen molar-refractivity contribution in [2.75, 3.05) is 18.5 Å². The fraction of sp³-hybridized carbons (Fsp3) is 0.500. The van der Waals surface area contributed by atoms with Crippen LogP contribution in [0.2, 0.25) is 10.0 Å². The third kappa shape index (κ3) is 7.97. The number of benzene rings is 1. The number of carbonyl (C=O) groups excluding carboxylic acids is 2. The predicted molar refractivity (Wildman–Crippen MR) is 91.0 cm³/mol. The van der Waals surface area contributed by atoms with Gasteiger partial charge in [-0.25, -0.2) is 0 Å². The zero-order valence-corrected chi connectivity index (χ0v) is 15.2. The van der Waals surface area contributed by atoms with Crippen LogP contribution in [0.1, 0.15) is 26.7 Å². The van der Waals surface area contributed by atoms with Crippen LogP contribution in [0.15, 0.2) is 18.2 Å². The van der Waals surface area contributed by atoms with Crippen molar-refractivity contribution >= 4 is 40.8 Å². The van der Waals surface area contributed by atoms with Crippen molar-refractivity contribution < 1.29 is 24.7 Å². The maximum Gasteiger partial charge on any atom is 0.230 e. The summed E-state index contributed by atoms with van der Waals surface area (Å²) in [5.74, 6) is -1.75. The molecule has 1 aromatic rings. The Morgan fingerprint density at radius 3 is 2.67 bits per heavy atom. The number of carboxylic acids is 1. The molecule has 24 heavy (non-hydrogen) atoms. The molecule has 0 heterocycles. The molecule has 3 N–H and O–H groups in total. The Labute approximate surface area is 151 Å². The Balaban J connectivity index is 2.48. The molecule has 0 fully saturated rings. The smallest absolute Gasteiger partial charge is 0.230 e. The van der Waals surface area contributed by atoms with Gasteiger partial charge in [-0.1, -0.05) is 23.2 Å². The summed E-state index contributed by atoms with van der Waals surface area (Å²) >= 11 is 11.8. The summed E-state index contributed by atoms with van der Waals surface area (Å²) in [7, 11) is 0. The number of hydrogen-bond acceptors (Lipinski definition) is 4. The van der Waals surface area contributed by atoms with Crippen LogP contribution in [0.25, 0.3) is 0 Å². The molecule has 0 aliphatic carbocycles. The number of anilines is 1. The third-order valence-corrected chi connectivity index (χ3v) is 3.73. The van der Waals surface area contributed by atoms with Gasteiger partial charge in [0.2, 0.25) is 5.91 Å². The molecule has 0 radical (unpaired) electrons. The number of aliphatic carboxylic acids is 1. The minimum Gasteiger partial charge on any atom is -0.544 e. The summed E-state index contributed by atoms with van der Waals surface area (Å²) < 4.78 is 5.38. The fourth-order valence-corrected chi connectivity index (χ4v) is 2.32. The van der Waals surface area contributed by atoms with Gasteiger partial charge in [-0.05, 0) is 32.0 Å². The third-order valence-electron chi connectivity index (χ3n) is 3.16. The highest BCUT2D eigenvalue weighted by Crippen LogP contribution is 2.25. The van der Waals surface area contributed by atoms with Gasteiger partial charge in [-0.15, -0.1) is 0 Å². The number of carboxylic acid groups (broad SMARTS) is 1. The van der Waals surface area contributed by atoms with Crippen molar-refractivity contribution in [2.45, 2.75) is 38.8 Å². The number of nitrogens with two attached hydrogens (primary N) is 1. The van der Waals surface area contributed by atoms with Crippen LogP contribution in [0, 0.1) is 0 Å². The first kappa shape index (κ1) is 20.7. The number of amides is 1. The van der Waals surface area contributed by atoms with E-state index in [4.69, 9.17) is 27.9 Å². The normalized spacial score (nSPS) is 12.2. The van der Waals surface area contributed by atoms with E-state index in [1.54, 1.807) is 17.4 Å². The summed E-state index contributed by atoms with van der Waals surface area (Å²) in [5.41, 5.74) is 0.344. The van der Waals surface area contributed by atoms with Crippen molar-refractivity contribution in [3.8, 4) is 0 Å². The summed E-state index contributed by atoms with van der Waals surface area (Å²) in [5, 5.41) is 16.1. The van der Waals surface area contributed by atoms with E-state index >= 15 is 0 Å². The zero-order valence-electron chi connectivity index (χ0n) is 13.7. The summed E-state index contributed by atoms with van der Waals surface area (Å²) in [6.45, 7) is 4.92. The van der Waals surface area contributed by atoms with Gasteiger partial charge in [-0.2, -0.15) is 0 Å². The van der Waals surface area contributed by atoms with E-state index in [0.717, 1.165) is 0 Å². The van der Waals surface area contributed by atoms with Gasteiger partial charge < -0.3 is 25.3 Å². The van der Waals surface area contributed by atoms with Crippen molar-refractivity contribution in [1.82, 2.24) is 0 Å². The molecule has 0 bridgehead atoms. The molecule has 0 spiro atoms. The Bertz CT molecular complexity index is 567. The number of quaternary nitrogens is 1. The molecule has 0 saturated carbocycles. The first-order valence-corrected chi connectivity index (χ1v) is 8.46. The molecule has 134 valence electrons. The molecule has 1 rings (SSSR count). The van der Waals surface area contributed by atoms with Gasteiger partial charge in [-0.3, -0.25) is 4.79 Å². The van der Waals surface area contributed by atoms with Gasteiger partial charge in [0.25, 0.3) is 0 Å². The van der Waals surface area contributed by atoms with Crippen molar-refractivity contribution in [3.63, 3.8) is 0 Å². The lowest BCUT2D eigenvalue weighted by atomic mass is 10.2. The van der Waals surface area contributed by atoms with Gasteiger partial charge in [0.1, 0.15) is 6.04 Å². The lowest BCUT2D eigenvalue weighted by Crippen LogP contribution is -2.93. The average Bonchev–Trinajstić information content (AvgIpc) is 2.49.